The lowest BCUT2D eigenvalue weighted by Gasteiger charge is -2.33. The average Bonchev–Trinajstić information content (AvgIpc) is 3.00. The van der Waals surface area contributed by atoms with Crippen LogP contribution in [-0.4, -0.2) is 0 Å². The molecule has 4 aromatic carbocycles. The van der Waals surface area contributed by atoms with E-state index in [0.717, 1.165) is 11.4 Å². The van der Waals surface area contributed by atoms with Crippen molar-refractivity contribution in [1.29, 1.82) is 0 Å². The van der Waals surface area contributed by atoms with Crippen molar-refractivity contribution in [2.24, 2.45) is 0 Å². The normalized spacial score (nSPS) is 17.3. The molecule has 0 amide bonds. The molecular formula is C25H20N2. The topological polar surface area (TPSA) is 52.0 Å². The van der Waals surface area contributed by atoms with Gasteiger partial charge in [0, 0.05) is 11.4 Å². The maximum absolute atomic E-state index is 6.16. The van der Waals surface area contributed by atoms with E-state index in [2.05, 4.69) is 78.9 Å². The van der Waals surface area contributed by atoms with Gasteiger partial charge in [0.25, 0.3) is 0 Å². The van der Waals surface area contributed by atoms with Crippen LogP contribution in [0.5, 0.6) is 0 Å². The first-order chi connectivity index (χ1) is 13.2. The van der Waals surface area contributed by atoms with Crippen LogP contribution < -0.4 is 11.5 Å². The van der Waals surface area contributed by atoms with E-state index < -0.39 is 0 Å². The molecule has 0 heterocycles. The highest BCUT2D eigenvalue weighted by Crippen LogP contribution is 2.56. The number of rotatable bonds is 2. The molecule has 1 unspecified atom stereocenters. The largest absolute Gasteiger partial charge is 0.399 e. The molecule has 0 fully saturated rings. The van der Waals surface area contributed by atoms with Crippen LogP contribution in [0, 0.1) is 0 Å². The molecule has 0 aliphatic heterocycles. The second kappa shape index (κ2) is 5.75. The molecule has 130 valence electrons. The molecule has 0 spiro atoms. The van der Waals surface area contributed by atoms with Gasteiger partial charge in [0.2, 0.25) is 0 Å². The minimum atomic E-state index is -0.380. The maximum Gasteiger partial charge on any atom is 0.0713 e. The zero-order valence-electron chi connectivity index (χ0n) is 14.9. The van der Waals surface area contributed by atoms with Gasteiger partial charge in [0.1, 0.15) is 0 Å². The zero-order chi connectivity index (χ0) is 18.4. The summed E-state index contributed by atoms with van der Waals surface area (Å²) in [7, 11) is 0. The molecule has 27 heavy (non-hydrogen) atoms. The van der Waals surface area contributed by atoms with Crippen LogP contribution >= 0.6 is 0 Å². The fraction of sp³-hybridized carbons (Fsp3) is 0.0400. The minimum Gasteiger partial charge on any atom is -0.399 e. The van der Waals surface area contributed by atoms with Gasteiger partial charge >= 0.3 is 0 Å². The van der Waals surface area contributed by atoms with E-state index in [4.69, 9.17) is 11.5 Å². The van der Waals surface area contributed by atoms with Gasteiger partial charge in [-0.15, -0.1) is 0 Å². The van der Waals surface area contributed by atoms with Crippen LogP contribution in [0.1, 0.15) is 22.3 Å². The third-order valence-electron chi connectivity index (χ3n) is 5.62. The summed E-state index contributed by atoms with van der Waals surface area (Å²) in [6, 6.07) is 33.8. The number of benzene rings is 4. The molecule has 0 bridgehead atoms. The van der Waals surface area contributed by atoms with Crippen LogP contribution in [0.2, 0.25) is 0 Å². The molecule has 1 aliphatic carbocycles. The Morgan fingerprint density at radius 1 is 0.481 bits per heavy atom. The molecule has 4 N–H and O–H groups in total. The van der Waals surface area contributed by atoms with E-state index in [1.54, 1.807) is 0 Å². The molecule has 0 radical (unpaired) electrons. The third kappa shape index (κ3) is 2.13. The first-order valence-electron chi connectivity index (χ1n) is 9.12. The number of anilines is 2. The lowest BCUT2D eigenvalue weighted by Crippen LogP contribution is -2.28. The Hall–Kier alpha value is -3.52. The van der Waals surface area contributed by atoms with E-state index in [-0.39, 0.29) is 5.41 Å². The van der Waals surface area contributed by atoms with Gasteiger partial charge in [-0.25, -0.2) is 0 Å². The van der Waals surface area contributed by atoms with E-state index >= 15 is 0 Å². The van der Waals surface area contributed by atoms with Gasteiger partial charge in [-0.1, -0.05) is 72.8 Å². The highest BCUT2D eigenvalue weighted by molar-refractivity contribution is 5.87. The van der Waals surface area contributed by atoms with Crippen molar-refractivity contribution in [3.8, 4) is 11.1 Å². The van der Waals surface area contributed by atoms with Gasteiger partial charge in [-0.3, -0.25) is 0 Å². The number of fused-ring (bicyclic) bond motifs is 3. The lowest BCUT2D eigenvalue weighted by atomic mass is 9.67. The standard InChI is InChI=1S/C25H20N2/c26-19-12-10-18(11-13-19)25(17-6-2-1-3-7-17)23-9-5-4-8-21(23)22-16-20(27)14-15-24(22)25/h1-16H,26-27H2. The van der Waals surface area contributed by atoms with E-state index in [1.165, 1.54) is 33.4 Å². The Kier molecular flexibility index (Phi) is 3.34. The SMILES string of the molecule is Nc1ccc(C2(c3ccccc3)c3ccccc3-c3cc(N)ccc32)cc1. The van der Waals surface area contributed by atoms with Crippen molar-refractivity contribution in [2.75, 3.05) is 11.5 Å². The molecule has 2 nitrogen and oxygen atoms in total. The predicted molar refractivity (Wildman–Crippen MR) is 113 cm³/mol. The zero-order valence-corrected chi connectivity index (χ0v) is 14.9. The number of hydrogen-bond donors (Lipinski definition) is 2. The van der Waals surface area contributed by atoms with Crippen LogP contribution in [0.25, 0.3) is 11.1 Å². The van der Waals surface area contributed by atoms with Crippen LogP contribution in [0.4, 0.5) is 11.4 Å². The second-order valence-electron chi connectivity index (χ2n) is 7.09. The molecule has 5 rings (SSSR count). The summed E-state index contributed by atoms with van der Waals surface area (Å²) in [4.78, 5) is 0. The second-order valence-corrected chi connectivity index (χ2v) is 7.09. The summed E-state index contributed by atoms with van der Waals surface area (Å²) in [6.07, 6.45) is 0. The quantitative estimate of drug-likeness (QED) is 0.430. The molecule has 1 aliphatic rings. The van der Waals surface area contributed by atoms with Crippen molar-refractivity contribution in [3.05, 3.63) is 119 Å². The van der Waals surface area contributed by atoms with Crippen LogP contribution in [0.15, 0.2) is 97.1 Å². The molecular weight excluding hydrogens is 328 g/mol. The number of nitrogen functional groups attached to an aromatic ring is 2. The van der Waals surface area contributed by atoms with E-state index in [1.807, 2.05) is 18.2 Å². The molecule has 2 heteroatoms. The van der Waals surface area contributed by atoms with Gasteiger partial charge < -0.3 is 11.5 Å². The van der Waals surface area contributed by atoms with Gasteiger partial charge in [0.05, 0.1) is 5.41 Å². The van der Waals surface area contributed by atoms with Gasteiger partial charge in [-0.2, -0.15) is 0 Å². The van der Waals surface area contributed by atoms with Crippen molar-refractivity contribution >= 4 is 11.4 Å². The summed E-state index contributed by atoms with van der Waals surface area (Å²) >= 11 is 0. The van der Waals surface area contributed by atoms with Crippen molar-refractivity contribution in [3.63, 3.8) is 0 Å². The fourth-order valence-electron chi connectivity index (χ4n) is 4.51. The number of nitrogens with two attached hydrogens (primary N) is 2. The Labute approximate surface area is 159 Å². The Morgan fingerprint density at radius 2 is 1.07 bits per heavy atom. The molecule has 0 saturated heterocycles. The summed E-state index contributed by atoms with van der Waals surface area (Å²) < 4.78 is 0. The average molecular weight is 348 g/mol. The molecule has 4 aromatic rings. The Balaban J connectivity index is 1.96. The first-order valence-corrected chi connectivity index (χ1v) is 9.12. The Morgan fingerprint density at radius 3 is 1.85 bits per heavy atom. The smallest absolute Gasteiger partial charge is 0.0713 e. The predicted octanol–water partition coefficient (Wildman–Crippen LogP) is 5.21. The van der Waals surface area contributed by atoms with Crippen LogP contribution in [0.3, 0.4) is 0 Å². The highest BCUT2D eigenvalue weighted by atomic mass is 14.6. The van der Waals surface area contributed by atoms with Crippen LogP contribution in [-0.2, 0) is 5.41 Å². The maximum atomic E-state index is 6.16. The summed E-state index contributed by atoms with van der Waals surface area (Å²) in [5, 5.41) is 0. The molecule has 1 atom stereocenters. The fourth-order valence-corrected chi connectivity index (χ4v) is 4.51. The summed E-state index contributed by atoms with van der Waals surface area (Å²) in [6.45, 7) is 0. The van der Waals surface area contributed by atoms with E-state index in [0.29, 0.717) is 0 Å². The molecule has 0 aromatic heterocycles. The highest BCUT2D eigenvalue weighted by Gasteiger charge is 2.45. The summed E-state index contributed by atoms with van der Waals surface area (Å²) in [5.41, 5.74) is 20.8. The summed E-state index contributed by atoms with van der Waals surface area (Å²) in [5.74, 6) is 0. The van der Waals surface area contributed by atoms with Gasteiger partial charge in [-0.05, 0) is 57.6 Å². The minimum absolute atomic E-state index is 0.380. The first kappa shape index (κ1) is 15.7. The Bertz CT molecular complexity index is 1130. The van der Waals surface area contributed by atoms with Crippen molar-refractivity contribution in [1.82, 2.24) is 0 Å². The monoisotopic (exact) mass is 348 g/mol. The van der Waals surface area contributed by atoms with Gasteiger partial charge in [0.15, 0.2) is 0 Å². The van der Waals surface area contributed by atoms with Crippen molar-refractivity contribution in [2.45, 2.75) is 5.41 Å². The van der Waals surface area contributed by atoms with E-state index in [9.17, 15) is 0 Å². The molecule has 0 saturated carbocycles. The van der Waals surface area contributed by atoms with Crippen molar-refractivity contribution < 1.29 is 0 Å². The third-order valence-corrected chi connectivity index (χ3v) is 5.62. The lowest BCUT2D eigenvalue weighted by molar-refractivity contribution is 0.769. The number of hydrogen-bond acceptors (Lipinski definition) is 2.